The molecular formula is C20H31N5O2. The molecule has 0 aromatic carbocycles. The van der Waals surface area contributed by atoms with Gasteiger partial charge >= 0.3 is 0 Å². The van der Waals surface area contributed by atoms with Crippen molar-refractivity contribution in [2.75, 3.05) is 32.8 Å². The topological polar surface area (TPSA) is 70.6 Å². The maximum Gasteiger partial charge on any atom is 0.274 e. The Labute approximate surface area is 161 Å². The highest BCUT2D eigenvalue weighted by molar-refractivity contribution is 5.92. The first-order valence-electron chi connectivity index (χ1n) is 10.3. The summed E-state index contributed by atoms with van der Waals surface area (Å²) in [6, 6.07) is 1.59. The average Bonchev–Trinajstić information content (AvgIpc) is 3.10. The number of amides is 1. The van der Waals surface area contributed by atoms with Crippen LogP contribution in [0, 0.1) is 5.92 Å². The van der Waals surface area contributed by atoms with Crippen molar-refractivity contribution in [3.63, 3.8) is 0 Å². The number of nitrogens with one attached hydrogen (secondary N) is 1. The van der Waals surface area contributed by atoms with Gasteiger partial charge in [-0.1, -0.05) is 13.8 Å². The highest BCUT2D eigenvalue weighted by Gasteiger charge is 2.39. The SMILES string of the molecule is CC(C)[C@@H]1CN2C[C@@H](NC3CCN(C(=O)c4cnccn4)CC3)C[C@H]2CO1. The van der Waals surface area contributed by atoms with Gasteiger partial charge in [-0.25, -0.2) is 4.98 Å². The minimum absolute atomic E-state index is 0.00331. The fourth-order valence-electron chi connectivity index (χ4n) is 4.58. The predicted molar refractivity (Wildman–Crippen MR) is 102 cm³/mol. The molecule has 0 aliphatic carbocycles. The molecule has 7 nitrogen and oxygen atoms in total. The number of aromatic nitrogens is 2. The molecule has 0 bridgehead atoms. The van der Waals surface area contributed by atoms with E-state index in [0.717, 1.165) is 45.6 Å². The quantitative estimate of drug-likeness (QED) is 0.854. The predicted octanol–water partition coefficient (Wildman–Crippen LogP) is 1.17. The number of hydrogen-bond acceptors (Lipinski definition) is 6. The first kappa shape index (κ1) is 18.8. The van der Waals surface area contributed by atoms with Gasteiger partial charge in [0, 0.05) is 56.7 Å². The molecule has 4 heterocycles. The van der Waals surface area contributed by atoms with E-state index in [4.69, 9.17) is 4.74 Å². The second-order valence-electron chi connectivity index (χ2n) is 8.48. The Morgan fingerprint density at radius 1 is 1.22 bits per heavy atom. The van der Waals surface area contributed by atoms with Crippen molar-refractivity contribution in [2.45, 2.75) is 57.3 Å². The number of carbonyl (C=O) groups is 1. The van der Waals surface area contributed by atoms with Crippen LogP contribution in [0.3, 0.4) is 0 Å². The fraction of sp³-hybridized carbons (Fsp3) is 0.750. The highest BCUT2D eigenvalue weighted by atomic mass is 16.5. The third-order valence-corrected chi connectivity index (χ3v) is 6.22. The van der Waals surface area contributed by atoms with Crippen LogP contribution in [0.5, 0.6) is 0 Å². The van der Waals surface area contributed by atoms with Crippen LogP contribution in [0.2, 0.25) is 0 Å². The number of rotatable bonds is 4. The van der Waals surface area contributed by atoms with E-state index in [1.54, 1.807) is 18.6 Å². The average molecular weight is 374 g/mol. The molecule has 0 saturated carbocycles. The van der Waals surface area contributed by atoms with Gasteiger partial charge in [0.05, 0.1) is 18.9 Å². The van der Waals surface area contributed by atoms with E-state index >= 15 is 0 Å². The summed E-state index contributed by atoms with van der Waals surface area (Å²) in [5, 5.41) is 3.85. The number of ether oxygens (including phenoxy) is 1. The normalized spacial score (nSPS) is 29.9. The maximum absolute atomic E-state index is 12.5. The number of morpholine rings is 1. The lowest BCUT2D eigenvalue weighted by atomic mass is 10.0. The highest BCUT2D eigenvalue weighted by Crippen LogP contribution is 2.26. The first-order valence-corrected chi connectivity index (χ1v) is 10.3. The maximum atomic E-state index is 12.5. The van der Waals surface area contributed by atoms with Crippen molar-refractivity contribution in [3.8, 4) is 0 Å². The summed E-state index contributed by atoms with van der Waals surface area (Å²) in [6.07, 6.45) is 8.25. The van der Waals surface area contributed by atoms with Gasteiger partial charge in [0.2, 0.25) is 0 Å². The summed E-state index contributed by atoms with van der Waals surface area (Å²) in [6.45, 7) is 9.10. The number of piperidine rings is 1. The van der Waals surface area contributed by atoms with Crippen molar-refractivity contribution >= 4 is 5.91 Å². The molecule has 0 spiro atoms. The largest absolute Gasteiger partial charge is 0.375 e. The van der Waals surface area contributed by atoms with Gasteiger partial charge < -0.3 is 15.0 Å². The minimum atomic E-state index is -0.00331. The Kier molecular flexibility index (Phi) is 5.71. The molecule has 1 aromatic heterocycles. The second-order valence-corrected chi connectivity index (χ2v) is 8.48. The lowest BCUT2D eigenvalue weighted by molar-refractivity contribution is -0.0683. The van der Waals surface area contributed by atoms with Gasteiger partial charge in [0.25, 0.3) is 5.91 Å². The van der Waals surface area contributed by atoms with Crippen LogP contribution in [-0.4, -0.2) is 82.7 Å². The van der Waals surface area contributed by atoms with Gasteiger partial charge in [0.1, 0.15) is 5.69 Å². The lowest BCUT2D eigenvalue weighted by Crippen LogP contribution is -2.49. The van der Waals surface area contributed by atoms with Gasteiger partial charge in [-0.3, -0.25) is 14.7 Å². The Morgan fingerprint density at radius 3 is 2.74 bits per heavy atom. The molecule has 7 heteroatoms. The fourth-order valence-corrected chi connectivity index (χ4v) is 4.58. The van der Waals surface area contributed by atoms with Crippen molar-refractivity contribution in [3.05, 3.63) is 24.3 Å². The molecule has 3 fully saturated rings. The molecule has 3 saturated heterocycles. The molecule has 3 aliphatic heterocycles. The Bertz CT molecular complexity index is 633. The van der Waals surface area contributed by atoms with E-state index in [0.29, 0.717) is 35.8 Å². The van der Waals surface area contributed by atoms with Crippen LogP contribution in [-0.2, 0) is 4.74 Å². The van der Waals surface area contributed by atoms with Gasteiger partial charge in [-0.2, -0.15) is 0 Å². The van der Waals surface area contributed by atoms with Crippen molar-refractivity contribution in [1.82, 2.24) is 25.1 Å². The van der Waals surface area contributed by atoms with Crippen molar-refractivity contribution < 1.29 is 9.53 Å². The lowest BCUT2D eigenvalue weighted by Gasteiger charge is -2.36. The van der Waals surface area contributed by atoms with E-state index < -0.39 is 0 Å². The first-order chi connectivity index (χ1) is 13.1. The van der Waals surface area contributed by atoms with Gasteiger partial charge in [0.15, 0.2) is 0 Å². The summed E-state index contributed by atoms with van der Waals surface area (Å²) in [7, 11) is 0. The van der Waals surface area contributed by atoms with Crippen molar-refractivity contribution in [1.29, 1.82) is 0 Å². The Morgan fingerprint density at radius 2 is 2.04 bits per heavy atom. The number of likely N-dealkylation sites (tertiary alicyclic amines) is 1. The molecule has 27 heavy (non-hydrogen) atoms. The van der Waals surface area contributed by atoms with Crippen LogP contribution >= 0.6 is 0 Å². The number of fused-ring (bicyclic) bond motifs is 1. The molecule has 148 valence electrons. The van der Waals surface area contributed by atoms with Crippen LogP contribution < -0.4 is 5.32 Å². The third-order valence-electron chi connectivity index (χ3n) is 6.22. The van der Waals surface area contributed by atoms with Gasteiger partial charge in [-0.05, 0) is 25.2 Å². The number of carbonyl (C=O) groups excluding carboxylic acids is 1. The van der Waals surface area contributed by atoms with E-state index in [2.05, 4.69) is 34.0 Å². The van der Waals surface area contributed by atoms with Crippen LogP contribution in [0.25, 0.3) is 0 Å². The molecule has 1 amide bonds. The van der Waals surface area contributed by atoms with Crippen LogP contribution in [0.15, 0.2) is 18.6 Å². The standard InChI is InChI=1S/C20H31N5O2/c1-14(2)19-12-25-11-16(9-17(25)13-27-19)23-15-3-7-24(8-4-15)20(26)18-10-21-5-6-22-18/h5-6,10,14-17,19,23H,3-4,7-9,11-13H2,1-2H3/t16-,17-,19-/m0/s1. The molecule has 3 aliphatic rings. The summed E-state index contributed by atoms with van der Waals surface area (Å²) in [4.78, 5) is 25.1. The monoisotopic (exact) mass is 373 g/mol. The smallest absolute Gasteiger partial charge is 0.274 e. The Hall–Kier alpha value is -1.57. The van der Waals surface area contributed by atoms with Crippen molar-refractivity contribution in [2.24, 2.45) is 5.92 Å². The minimum Gasteiger partial charge on any atom is -0.375 e. The molecule has 0 radical (unpaired) electrons. The zero-order valence-electron chi connectivity index (χ0n) is 16.4. The number of hydrogen-bond donors (Lipinski definition) is 1. The van der Waals surface area contributed by atoms with E-state index in [1.807, 2.05) is 4.90 Å². The van der Waals surface area contributed by atoms with Gasteiger partial charge in [-0.15, -0.1) is 0 Å². The second kappa shape index (κ2) is 8.20. The van der Waals surface area contributed by atoms with E-state index in [-0.39, 0.29) is 5.91 Å². The summed E-state index contributed by atoms with van der Waals surface area (Å²) >= 11 is 0. The summed E-state index contributed by atoms with van der Waals surface area (Å²) in [5.41, 5.74) is 0.441. The molecule has 1 aromatic rings. The van der Waals surface area contributed by atoms with E-state index in [9.17, 15) is 4.79 Å². The van der Waals surface area contributed by atoms with E-state index in [1.165, 1.54) is 6.42 Å². The van der Waals surface area contributed by atoms with Crippen LogP contribution in [0.4, 0.5) is 0 Å². The van der Waals surface area contributed by atoms with Crippen LogP contribution in [0.1, 0.15) is 43.6 Å². The number of nitrogens with zero attached hydrogens (tertiary/aromatic N) is 4. The zero-order valence-corrected chi connectivity index (χ0v) is 16.4. The molecular weight excluding hydrogens is 342 g/mol. The third kappa shape index (κ3) is 4.31. The molecule has 3 atom stereocenters. The zero-order chi connectivity index (χ0) is 18.8. The Balaban J connectivity index is 1.24. The summed E-state index contributed by atoms with van der Waals surface area (Å²) in [5.74, 6) is 0.575. The molecule has 4 rings (SSSR count). The molecule has 1 N–H and O–H groups in total. The summed E-state index contributed by atoms with van der Waals surface area (Å²) < 4.78 is 6.05. The molecule has 0 unspecified atom stereocenters.